The first-order chi connectivity index (χ1) is 8.19. The maximum Gasteiger partial charge on any atom is 0.124 e. The summed E-state index contributed by atoms with van der Waals surface area (Å²) in [5, 5.41) is 0. The van der Waals surface area contributed by atoms with Crippen molar-refractivity contribution >= 4 is 0 Å². The van der Waals surface area contributed by atoms with Crippen LogP contribution in [0.4, 0.5) is 0 Å². The molecule has 0 bridgehead atoms. The monoisotopic (exact) mass is 234 g/mol. The molecule has 1 heterocycles. The van der Waals surface area contributed by atoms with Crippen molar-refractivity contribution in [1.82, 2.24) is 4.90 Å². The SMILES string of the molecule is Cc1ccc(OC2CCN(C)CC2)c(CN)c1. The van der Waals surface area contributed by atoms with Gasteiger partial charge >= 0.3 is 0 Å². The molecule has 0 aliphatic carbocycles. The normalized spacial score (nSPS) is 18.3. The van der Waals surface area contributed by atoms with Gasteiger partial charge in [0.05, 0.1) is 0 Å². The Labute approximate surface area is 104 Å². The Kier molecular flexibility index (Phi) is 4.02. The minimum Gasteiger partial charge on any atom is -0.490 e. The average molecular weight is 234 g/mol. The van der Waals surface area contributed by atoms with Crippen molar-refractivity contribution in [3.05, 3.63) is 29.3 Å². The Balaban J connectivity index is 2.03. The summed E-state index contributed by atoms with van der Waals surface area (Å²) in [4.78, 5) is 2.35. The van der Waals surface area contributed by atoms with Gasteiger partial charge in [-0.3, -0.25) is 0 Å². The third kappa shape index (κ3) is 3.20. The molecule has 0 amide bonds. The molecule has 0 aromatic heterocycles. The number of rotatable bonds is 3. The van der Waals surface area contributed by atoms with E-state index in [0.29, 0.717) is 12.6 Å². The minimum atomic E-state index is 0.346. The van der Waals surface area contributed by atoms with E-state index in [-0.39, 0.29) is 0 Å². The maximum absolute atomic E-state index is 6.07. The van der Waals surface area contributed by atoms with Gasteiger partial charge in [-0.05, 0) is 32.9 Å². The van der Waals surface area contributed by atoms with Gasteiger partial charge in [-0.2, -0.15) is 0 Å². The zero-order valence-electron chi connectivity index (χ0n) is 10.8. The summed E-state index contributed by atoms with van der Waals surface area (Å²) in [7, 11) is 2.16. The minimum absolute atomic E-state index is 0.346. The molecule has 1 aromatic carbocycles. The second-order valence-corrected chi connectivity index (χ2v) is 4.94. The molecule has 2 rings (SSSR count). The lowest BCUT2D eigenvalue weighted by molar-refractivity contribution is 0.113. The molecule has 0 radical (unpaired) electrons. The van der Waals surface area contributed by atoms with E-state index in [0.717, 1.165) is 37.2 Å². The Morgan fingerprint density at radius 2 is 2.06 bits per heavy atom. The maximum atomic E-state index is 6.07. The molecule has 1 fully saturated rings. The molecule has 94 valence electrons. The van der Waals surface area contributed by atoms with Crippen LogP contribution in [0.1, 0.15) is 24.0 Å². The molecule has 1 aliphatic heterocycles. The summed E-state index contributed by atoms with van der Waals surface area (Å²) >= 11 is 0. The fourth-order valence-corrected chi connectivity index (χ4v) is 2.27. The molecule has 1 aliphatic rings. The van der Waals surface area contributed by atoms with E-state index in [9.17, 15) is 0 Å². The number of hydrogen-bond acceptors (Lipinski definition) is 3. The Hall–Kier alpha value is -1.06. The second kappa shape index (κ2) is 5.52. The van der Waals surface area contributed by atoms with Gasteiger partial charge in [-0.25, -0.2) is 0 Å². The van der Waals surface area contributed by atoms with Crippen molar-refractivity contribution in [3.8, 4) is 5.75 Å². The number of ether oxygens (including phenoxy) is 1. The molecule has 0 spiro atoms. The van der Waals surface area contributed by atoms with Gasteiger partial charge in [0, 0.05) is 25.2 Å². The van der Waals surface area contributed by atoms with E-state index in [2.05, 4.69) is 37.1 Å². The summed E-state index contributed by atoms with van der Waals surface area (Å²) in [5.74, 6) is 0.965. The van der Waals surface area contributed by atoms with Gasteiger partial charge in [0.1, 0.15) is 11.9 Å². The summed E-state index contributed by atoms with van der Waals surface area (Å²) in [6.07, 6.45) is 2.56. The Morgan fingerprint density at radius 3 is 2.71 bits per heavy atom. The van der Waals surface area contributed by atoms with Crippen LogP contribution in [-0.4, -0.2) is 31.1 Å². The smallest absolute Gasteiger partial charge is 0.124 e. The van der Waals surface area contributed by atoms with Crippen LogP contribution >= 0.6 is 0 Å². The van der Waals surface area contributed by atoms with Crippen molar-refractivity contribution in [3.63, 3.8) is 0 Å². The van der Waals surface area contributed by atoms with Crippen LogP contribution < -0.4 is 10.5 Å². The molecule has 3 heteroatoms. The fraction of sp³-hybridized carbons (Fsp3) is 0.571. The van der Waals surface area contributed by atoms with Crippen LogP contribution in [0.15, 0.2) is 18.2 Å². The predicted molar refractivity (Wildman–Crippen MR) is 70.2 cm³/mol. The van der Waals surface area contributed by atoms with Crippen molar-refractivity contribution in [2.45, 2.75) is 32.4 Å². The molecule has 0 atom stereocenters. The van der Waals surface area contributed by atoms with Gasteiger partial charge in [0.25, 0.3) is 0 Å². The van der Waals surface area contributed by atoms with Gasteiger partial charge in [-0.1, -0.05) is 17.7 Å². The quantitative estimate of drug-likeness (QED) is 0.868. The second-order valence-electron chi connectivity index (χ2n) is 4.94. The van der Waals surface area contributed by atoms with Gasteiger partial charge < -0.3 is 15.4 Å². The largest absolute Gasteiger partial charge is 0.490 e. The first-order valence-corrected chi connectivity index (χ1v) is 6.34. The lowest BCUT2D eigenvalue weighted by Gasteiger charge is -2.30. The van der Waals surface area contributed by atoms with E-state index in [1.165, 1.54) is 5.56 Å². The van der Waals surface area contributed by atoms with Crippen molar-refractivity contribution in [2.75, 3.05) is 20.1 Å². The lowest BCUT2D eigenvalue weighted by atomic mass is 10.1. The summed E-state index contributed by atoms with van der Waals surface area (Å²) in [6.45, 7) is 4.87. The molecule has 0 unspecified atom stereocenters. The number of hydrogen-bond donors (Lipinski definition) is 1. The van der Waals surface area contributed by atoms with Crippen LogP contribution in [0.25, 0.3) is 0 Å². The van der Waals surface area contributed by atoms with Crippen LogP contribution in [-0.2, 0) is 6.54 Å². The standard InChI is InChI=1S/C14H22N2O/c1-11-3-4-14(12(9-11)10-15)17-13-5-7-16(2)8-6-13/h3-4,9,13H,5-8,10,15H2,1-2H3. The summed E-state index contributed by atoms with van der Waals surface area (Å²) in [5.41, 5.74) is 8.11. The molecule has 0 saturated carbocycles. The lowest BCUT2D eigenvalue weighted by Crippen LogP contribution is -2.35. The Morgan fingerprint density at radius 1 is 1.35 bits per heavy atom. The van der Waals surface area contributed by atoms with Crippen LogP contribution in [0.2, 0.25) is 0 Å². The van der Waals surface area contributed by atoms with E-state index in [1.807, 2.05) is 0 Å². The third-order valence-corrected chi connectivity index (χ3v) is 3.40. The van der Waals surface area contributed by atoms with Crippen molar-refractivity contribution in [1.29, 1.82) is 0 Å². The van der Waals surface area contributed by atoms with E-state index in [4.69, 9.17) is 10.5 Å². The average Bonchev–Trinajstić information content (AvgIpc) is 2.34. The first-order valence-electron chi connectivity index (χ1n) is 6.34. The molecule has 1 saturated heterocycles. The molecule has 2 N–H and O–H groups in total. The number of nitrogens with two attached hydrogens (primary N) is 1. The summed E-state index contributed by atoms with van der Waals surface area (Å²) in [6, 6.07) is 6.25. The molecular formula is C14H22N2O. The molecule has 1 aromatic rings. The predicted octanol–water partition coefficient (Wildman–Crippen LogP) is 1.93. The van der Waals surface area contributed by atoms with Crippen LogP contribution in [0.3, 0.4) is 0 Å². The number of likely N-dealkylation sites (tertiary alicyclic amines) is 1. The zero-order valence-corrected chi connectivity index (χ0v) is 10.8. The third-order valence-electron chi connectivity index (χ3n) is 3.40. The molecular weight excluding hydrogens is 212 g/mol. The Bertz CT molecular complexity index is 370. The van der Waals surface area contributed by atoms with E-state index in [1.54, 1.807) is 0 Å². The highest BCUT2D eigenvalue weighted by atomic mass is 16.5. The van der Waals surface area contributed by atoms with Gasteiger partial charge in [-0.15, -0.1) is 0 Å². The highest BCUT2D eigenvalue weighted by Gasteiger charge is 2.18. The topological polar surface area (TPSA) is 38.5 Å². The number of benzene rings is 1. The first kappa shape index (κ1) is 12.4. The van der Waals surface area contributed by atoms with Crippen molar-refractivity contribution in [2.24, 2.45) is 5.73 Å². The fourth-order valence-electron chi connectivity index (χ4n) is 2.27. The van der Waals surface area contributed by atoms with E-state index >= 15 is 0 Å². The number of aryl methyl sites for hydroxylation is 1. The van der Waals surface area contributed by atoms with E-state index < -0.39 is 0 Å². The zero-order chi connectivity index (χ0) is 12.3. The van der Waals surface area contributed by atoms with Gasteiger partial charge in [0.2, 0.25) is 0 Å². The van der Waals surface area contributed by atoms with Crippen LogP contribution in [0.5, 0.6) is 5.75 Å². The molecule has 17 heavy (non-hydrogen) atoms. The van der Waals surface area contributed by atoms with Crippen molar-refractivity contribution < 1.29 is 4.74 Å². The highest BCUT2D eigenvalue weighted by Crippen LogP contribution is 2.23. The number of piperidine rings is 1. The van der Waals surface area contributed by atoms with Gasteiger partial charge in [0.15, 0.2) is 0 Å². The molecule has 3 nitrogen and oxygen atoms in total. The highest BCUT2D eigenvalue weighted by molar-refractivity contribution is 5.36. The number of nitrogens with zero attached hydrogens (tertiary/aromatic N) is 1. The summed E-state index contributed by atoms with van der Waals surface area (Å²) < 4.78 is 6.07. The van der Waals surface area contributed by atoms with Crippen LogP contribution in [0, 0.1) is 6.92 Å².